The van der Waals surface area contributed by atoms with Crippen molar-refractivity contribution < 1.29 is 57.9 Å². The summed E-state index contributed by atoms with van der Waals surface area (Å²) >= 11 is 0. The molecular formula is C47H49F6N5O7S. The summed E-state index contributed by atoms with van der Waals surface area (Å²) in [4.78, 5) is 9.96. The van der Waals surface area contributed by atoms with Crippen LogP contribution < -0.4 is 18.9 Å². The average molecular weight is 942 g/mol. The molecule has 0 saturated heterocycles. The van der Waals surface area contributed by atoms with E-state index in [1.165, 1.54) is 4.57 Å². The minimum atomic E-state index is -4.71. The molecule has 0 amide bonds. The van der Waals surface area contributed by atoms with Crippen molar-refractivity contribution in [1.82, 2.24) is 24.0 Å². The topological polar surface area (TPSA) is 119 Å². The van der Waals surface area contributed by atoms with Crippen LogP contribution in [0.4, 0.5) is 26.3 Å². The van der Waals surface area contributed by atoms with Gasteiger partial charge in [-0.2, -0.15) is 34.8 Å². The zero-order valence-corrected chi connectivity index (χ0v) is 37.3. The molecule has 0 N–H and O–H groups in total. The molecule has 66 heavy (non-hydrogen) atoms. The number of hydrogen-bond acceptors (Lipinski definition) is 10. The molecule has 19 heteroatoms. The molecule has 0 bridgehead atoms. The lowest BCUT2D eigenvalue weighted by molar-refractivity contribution is -0.142. The third kappa shape index (κ3) is 11.8. The first-order chi connectivity index (χ1) is 31.5. The van der Waals surface area contributed by atoms with E-state index in [-0.39, 0.29) is 43.9 Å². The fourth-order valence-corrected chi connectivity index (χ4v) is 7.93. The van der Waals surface area contributed by atoms with Crippen LogP contribution in [0.1, 0.15) is 73.4 Å². The first-order valence-corrected chi connectivity index (χ1v) is 23.1. The number of halogens is 6. The summed E-state index contributed by atoms with van der Waals surface area (Å²) < 4.78 is 136. The Kier molecular flexibility index (Phi) is 15.0. The van der Waals surface area contributed by atoms with E-state index in [4.69, 9.17) is 18.9 Å². The minimum Gasteiger partial charge on any atom is -0.454 e. The maximum Gasteiger partial charge on any atom is 0.435 e. The van der Waals surface area contributed by atoms with Crippen molar-refractivity contribution in [2.75, 3.05) is 19.8 Å². The number of alkyl halides is 6. The van der Waals surface area contributed by atoms with E-state index in [1.54, 1.807) is 47.0 Å². The molecule has 0 saturated carbocycles. The van der Waals surface area contributed by atoms with Gasteiger partial charge in [0.05, 0.1) is 17.6 Å². The van der Waals surface area contributed by atoms with Crippen molar-refractivity contribution in [3.63, 3.8) is 0 Å². The molecule has 6 aromatic rings. The van der Waals surface area contributed by atoms with Crippen molar-refractivity contribution in [3.8, 4) is 45.8 Å². The van der Waals surface area contributed by atoms with Crippen LogP contribution in [0, 0.1) is 0 Å². The van der Waals surface area contributed by atoms with Crippen molar-refractivity contribution in [1.29, 1.82) is 0 Å². The van der Waals surface area contributed by atoms with Gasteiger partial charge in [-0.25, -0.2) is 9.97 Å². The van der Waals surface area contributed by atoms with Crippen LogP contribution in [0.5, 0.6) is 23.0 Å². The maximum absolute atomic E-state index is 14.5. The molecule has 2 aliphatic heterocycles. The van der Waals surface area contributed by atoms with Crippen LogP contribution in [0.25, 0.3) is 22.8 Å². The summed E-state index contributed by atoms with van der Waals surface area (Å²) in [6.07, 6.45) is -5.57. The lowest BCUT2D eigenvalue weighted by atomic mass is 10.1. The van der Waals surface area contributed by atoms with E-state index in [0.29, 0.717) is 66.0 Å². The Bertz CT molecular complexity index is 2630. The number of aromatic nitrogens is 4. The van der Waals surface area contributed by atoms with Crippen molar-refractivity contribution in [2.24, 2.45) is 0 Å². The summed E-state index contributed by atoms with van der Waals surface area (Å²) in [6.45, 7) is 5.02. The fourth-order valence-electron chi connectivity index (χ4n) is 7.60. The van der Waals surface area contributed by atoms with E-state index in [9.17, 15) is 34.8 Å². The van der Waals surface area contributed by atoms with Gasteiger partial charge in [0.1, 0.15) is 18.3 Å². The van der Waals surface area contributed by atoms with E-state index in [2.05, 4.69) is 14.2 Å². The molecule has 0 radical (unpaired) electrons. The van der Waals surface area contributed by atoms with Gasteiger partial charge >= 0.3 is 12.4 Å². The van der Waals surface area contributed by atoms with Gasteiger partial charge in [0, 0.05) is 43.9 Å². The van der Waals surface area contributed by atoms with E-state index < -0.39 is 40.5 Å². The Hall–Kier alpha value is -6.05. The SMILES string of the molecule is CCCCn1c(-c2ccccc2)nc(C(F)(F)F)c1CN(Cc1ccc2c(c1)OCO2)Cc1ccc2c(c1)OCO2.CCCCn1c(-c2ccccc2)nc(C(F)(F)F)c1COS(C)(=O)=O. The van der Waals surface area contributed by atoms with Gasteiger partial charge in [0.15, 0.2) is 34.4 Å². The summed E-state index contributed by atoms with van der Waals surface area (Å²) in [5.74, 6) is 3.03. The average Bonchev–Trinajstić information content (AvgIpc) is 4.09. The Morgan fingerprint density at radius 2 is 1.03 bits per heavy atom. The van der Waals surface area contributed by atoms with Gasteiger partial charge < -0.3 is 28.1 Å². The Balaban J connectivity index is 0.000000223. The van der Waals surface area contributed by atoms with Crippen LogP contribution in [0.2, 0.25) is 0 Å². The van der Waals surface area contributed by atoms with Gasteiger partial charge in [0.25, 0.3) is 10.1 Å². The summed E-state index contributed by atoms with van der Waals surface area (Å²) in [5.41, 5.74) is 0.850. The molecule has 0 aliphatic carbocycles. The van der Waals surface area contributed by atoms with Crippen molar-refractivity contribution in [2.45, 2.75) is 91.2 Å². The van der Waals surface area contributed by atoms with Gasteiger partial charge in [-0.1, -0.05) is 99.5 Å². The number of ether oxygens (including phenoxy) is 4. The van der Waals surface area contributed by atoms with Gasteiger partial charge in [-0.3, -0.25) is 9.08 Å². The highest BCUT2D eigenvalue weighted by Crippen LogP contribution is 2.39. The molecule has 0 fully saturated rings. The molecule has 2 aromatic heterocycles. The number of nitrogens with zero attached hydrogens (tertiary/aromatic N) is 5. The molecular weight excluding hydrogens is 893 g/mol. The quantitative estimate of drug-likeness (QED) is 0.0646. The first-order valence-electron chi connectivity index (χ1n) is 21.3. The molecule has 4 heterocycles. The van der Waals surface area contributed by atoms with Gasteiger partial charge in [0.2, 0.25) is 13.6 Å². The Morgan fingerprint density at radius 1 is 0.606 bits per heavy atom. The van der Waals surface area contributed by atoms with E-state index >= 15 is 0 Å². The standard InChI is InChI=1S/C31H30F3N3O4.C16H19F3N2O3S/c1-2-3-13-37-24(29(31(32,33)34)35-30(37)23-7-5-4-6-8-23)18-36(16-21-9-11-25-27(14-21)40-19-38-25)17-22-10-12-26-28(15-22)41-20-39-26;1-3-4-10-21-13(11-24-25(2,22)23)14(16(17,18)19)20-15(21)12-8-6-5-7-9-12/h4-12,14-15H,2-3,13,16-20H2,1H3;5-9H,3-4,10-11H2,1-2H3. The summed E-state index contributed by atoms with van der Waals surface area (Å²) in [6, 6.07) is 28.8. The lowest BCUT2D eigenvalue weighted by Crippen LogP contribution is -2.26. The second-order valence-electron chi connectivity index (χ2n) is 15.7. The minimum absolute atomic E-state index is 0.0290. The number of imidazole rings is 2. The second kappa shape index (κ2) is 20.6. The van der Waals surface area contributed by atoms with Gasteiger partial charge in [-0.15, -0.1) is 0 Å². The highest BCUT2D eigenvalue weighted by molar-refractivity contribution is 7.85. The van der Waals surface area contributed by atoms with E-state index in [0.717, 1.165) is 36.6 Å². The normalized spacial score (nSPS) is 13.3. The number of hydrogen-bond donors (Lipinski definition) is 0. The summed E-state index contributed by atoms with van der Waals surface area (Å²) in [5, 5.41) is 0. The van der Waals surface area contributed by atoms with Crippen LogP contribution in [0.3, 0.4) is 0 Å². The molecule has 0 atom stereocenters. The number of benzene rings is 4. The zero-order valence-electron chi connectivity index (χ0n) is 36.5. The predicted molar refractivity (Wildman–Crippen MR) is 233 cm³/mol. The molecule has 4 aromatic carbocycles. The lowest BCUT2D eigenvalue weighted by Gasteiger charge is -2.25. The predicted octanol–water partition coefficient (Wildman–Crippen LogP) is 10.9. The number of unbranched alkanes of at least 4 members (excludes halogenated alkanes) is 2. The zero-order chi connectivity index (χ0) is 47.1. The summed E-state index contributed by atoms with van der Waals surface area (Å²) in [7, 11) is -3.89. The van der Waals surface area contributed by atoms with E-state index in [1.807, 2.05) is 73.3 Å². The largest absolute Gasteiger partial charge is 0.454 e. The highest BCUT2D eigenvalue weighted by atomic mass is 32.2. The molecule has 12 nitrogen and oxygen atoms in total. The highest BCUT2D eigenvalue weighted by Gasteiger charge is 2.41. The van der Waals surface area contributed by atoms with Crippen molar-refractivity contribution in [3.05, 3.63) is 131 Å². The second-order valence-corrected chi connectivity index (χ2v) is 17.3. The third-order valence-electron chi connectivity index (χ3n) is 10.7. The Labute approximate surface area is 378 Å². The smallest absolute Gasteiger partial charge is 0.435 e. The molecule has 0 unspecified atom stereocenters. The first kappa shape index (κ1) is 47.9. The van der Waals surface area contributed by atoms with Crippen LogP contribution in [0.15, 0.2) is 97.1 Å². The van der Waals surface area contributed by atoms with Gasteiger partial charge in [-0.05, 0) is 48.2 Å². The maximum atomic E-state index is 14.5. The monoisotopic (exact) mass is 941 g/mol. The van der Waals surface area contributed by atoms with Crippen molar-refractivity contribution >= 4 is 10.1 Å². The Morgan fingerprint density at radius 3 is 1.45 bits per heavy atom. The van der Waals surface area contributed by atoms with Crippen LogP contribution in [-0.4, -0.2) is 52.3 Å². The number of fused-ring (bicyclic) bond motifs is 2. The van der Waals surface area contributed by atoms with Crippen LogP contribution in [-0.2, 0) is 66.0 Å². The molecule has 8 rings (SSSR count). The molecule has 352 valence electrons. The van der Waals surface area contributed by atoms with Crippen LogP contribution >= 0.6 is 0 Å². The number of rotatable bonds is 17. The molecule has 2 aliphatic rings. The third-order valence-corrected chi connectivity index (χ3v) is 11.2. The fraction of sp³-hybridized carbons (Fsp3) is 0.362. The molecule has 0 spiro atoms.